The minimum Gasteiger partial charge on any atom is -0.494 e. The quantitative estimate of drug-likeness (QED) is 0.258. The summed E-state index contributed by atoms with van der Waals surface area (Å²) in [5.41, 5.74) is 1.63. The van der Waals surface area contributed by atoms with Gasteiger partial charge >= 0.3 is 6.18 Å². The van der Waals surface area contributed by atoms with E-state index < -0.39 is 11.7 Å². The highest BCUT2D eigenvalue weighted by Gasteiger charge is 2.31. The van der Waals surface area contributed by atoms with E-state index in [1.807, 2.05) is 26.0 Å². The van der Waals surface area contributed by atoms with Crippen molar-refractivity contribution in [2.75, 3.05) is 56.9 Å². The fourth-order valence-electron chi connectivity index (χ4n) is 4.23. The largest absolute Gasteiger partial charge is 0.494 e. The van der Waals surface area contributed by atoms with Gasteiger partial charge in [-0.3, -0.25) is 9.36 Å². The second-order valence-corrected chi connectivity index (χ2v) is 9.55. The lowest BCUT2D eigenvalue weighted by molar-refractivity contribution is -0.137. The van der Waals surface area contributed by atoms with Crippen molar-refractivity contribution in [2.24, 2.45) is 0 Å². The van der Waals surface area contributed by atoms with E-state index in [9.17, 15) is 18.0 Å². The molecule has 0 atom stereocenters. The van der Waals surface area contributed by atoms with Crippen molar-refractivity contribution < 1.29 is 22.7 Å². The van der Waals surface area contributed by atoms with Crippen LogP contribution in [0.25, 0.3) is 16.9 Å². The van der Waals surface area contributed by atoms with Crippen LogP contribution in [0.15, 0.2) is 55.3 Å². The third kappa shape index (κ3) is 6.57. The van der Waals surface area contributed by atoms with Crippen LogP contribution in [0, 0.1) is 6.92 Å². The molecule has 0 radical (unpaired) electrons. The van der Waals surface area contributed by atoms with Gasteiger partial charge in [-0.1, -0.05) is 6.58 Å². The summed E-state index contributed by atoms with van der Waals surface area (Å²) in [6, 6.07) is 8.55. The number of alkyl halides is 3. The second-order valence-electron chi connectivity index (χ2n) is 9.55. The van der Waals surface area contributed by atoms with E-state index in [1.165, 1.54) is 25.4 Å². The molecule has 4 aromatic rings. The zero-order valence-electron chi connectivity index (χ0n) is 23.4. The highest BCUT2D eigenvalue weighted by Crippen LogP contribution is 2.38. The Hall–Kier alpha value is -4.65. The average Bonchev–Trinajstić information content (AvgIpc) is 3.26. The van der Waals surface area contributed by atoms with Crippen LogP contribution < -0.4 is 20.3 Å². The van der Waals surface area contributed by atoms with E-state index in [2.05, 4.69) is 37.1 Å². The molecule has 1 amide bonds. The van der Waals surface area contributed by atoms with E-state index in [0.717, 1.165) is 24.4 Å². The van der Waals surface area contributed by atoms with E-state index >= 15 is 0 Å². The predicted octanol–water partition coefficient (Wildman–Crippen LogP) is 5.02. The number of methoxy groups -OCH3 is 1. The molecule has 0 unspecified atom stereocenters. The number of carbonyl (C=O) groups is 1. The molecule has 0 aliphatic carbocycles. The van der Waals surface area contributed by atoms with Crippen LogP contribution in [0.3, 0.4) is 0 Å². The number of hydrogen-bond donors (Lipinski definition) is 2. The van der Waals surface area contributed by atoms with Gasteiger partial charge in [-0.05, 0) is 57.4 Å². The van der Waals surface area contributed by atoms with E-state index in [1.54, 1.807) is 29.7 Å². The maximum Gasteiger partial charge on any atom is 0.416 e. The van der Waals surface area contributed by atoms with Gasteiger partial charge in [0.1, 0.15) is 17.4 Å². The summed E-state index contributed by atoms with van der Waals surface area (Å²) < 4.78 is 47.0. The molecule has 0 aliphatic rings. The van der Waals surface area contributed by atoms with Crippen LogP contribution in [-0.2, 0) is 11.0 Å². The van der Waals surface area contributed by atoms with Gasteiger partial charge in [-0.25, -0.2) is 9.97 Å². The molecule has 2 heterocycles. The maximum absolute atomic E-state index is 13.2. The molecule has 0 saturated carbocycles. The molecule has 0 fully saturated rings. The van der Waals surface area contributed by atoms with Crippen LogP contribution in [-0.4, -0.2) is 71.7 Å². The minimum atomic E-state index is -4.47. The zero-order valence-corrected chi connectivity index (χ0v) is 23.4. The fourth-order valence-corrected chi connectivity index (χ4v) is 4.23. The summed E-state index contributed by atoms with van der Waals surface area (Å²) in [4.78, 5) is 29.5. The highest BCUT2D eigenvalue weighted by atomic mass is 19.4. The Morgan fingerprint density at radius 2 is 1.85 bits per heavy atom. The first-order chi connectivity index (χ1) is 19.4. The Balaban J connectivity index is 1.72. The zero-order chi connectivity index (χ0) is 29.9. The number of ether oxygens (including phenoxy) is 1. The van der Waals surface area contributed by atoms with Gasteiger partial charge in [0, 0.05) is 32.4 Å². The number of anilines is 4. The molecular weight excluding hydrogens is 537 g/mol. The molecule has 0 saturated heterocycles. The molecule has 0 aliphatic heterocycles. The molecule has 2 aromatic carbocycles. The fraction of sp³-hybridized carbons (Fsp3) is 0.286. The first kappa shape index (κ1) is 29.3. The Morgan fingerprint density at radius 3 is 2.51 bits per heavy atom. The average molecular weight is 569 g/mol. The summed E-state index contributed by atoms with van der Waals surface area (Å²) >= 11 is 0. The number of aromatic nitrogens is 4. The number of benzene rings is 2. The van der Waals surface area contributed by atoms with Crippen LogP contribution in [0.4, 0.5) is 36.2 Å². The normalized spacial score (nSPS) is 11.5. The van der Waals surface area contributed by atoms with Crippen LogP contribution >= 0.6 is 0 Å². The standard InChI is InChI=1S/C28H31F3N8O2/c1-7-26(40)34-20-15-21(24(41-6)16-23(20)38(5)13-12-37(3)4)35-27-32-11-10-25(36-27)39-17(2)33-19-14-18(28(29,30)31)8-9-22(19)39/h7-11,14-16H,1,12-13H2,2-6H3,(H,34,40)(H,32,35,36). The smallest absolute Gasteiger partial charge is 0.416 e. The summed E-state index contributed by atoms with van der Waals surface area (Å²) in [6.07, 6.45) is -1.77. The first-order valence-electron chi connectivity index (χ1n) is 12.6. The van der Waals surface area contributed by atoms with E-state index in [-0.39, 0.29) is 17.4 Å². The monoisotopic (exact) mass is 568 g/mol. The van der Waals surface area contributed by atoms with Gasteiger partial charge in [0.25, 0.3) is 0 Å². The van der Waals surface area contributed by atoms with Crippen molar-refractivity contribution in [3.8, 4) is 11.6 Å². The summed E-state index contributed by atoms with van der Waals surface area (Å²) in [6.45, 7) is 6.70. The highest BCUT2D eigenvalue weighted by molar-refractivity contribution is 6.02. The van der Waals surface area contributed by atoms with Gasteiger partial charge < -0.3 is 25.2 Å². The molecule has 0 bridgehead atoms. The number of carbonyl (C=O) groups excluding carboxylic acids is 1. The van der Waals surface area contributed by atoms with Gasteiger partial charge in [-0.15, -0.1) is 0 Å². The lowest BCUT2D eigenvalue weighted by Gasteiger charge is -2.26. The first-order valence-corrected chi connectivity index (χ1v) is 12.6. The number of nitrogens with zero attached hydrogens (tertiary/aromatic N) is 6. The summed E-state index contributed by atoms with van der Waals surface area (Å²) in [7, 11) is 7.39. The second kappa shape index (κ2) is 11.8. The Morgan fingerprint density at radius 1 is 1.10 bits per heavy atom. The van der Waals surface area contributed by atoms with Gasteiger partial charge in [-0.2, -0.15) is 18.2 Å². The SMILES string of the molecule is C=CC(=O)Nc1cc(Nc2nccc(-n3c(C)nc4cc(C(F)(F)F)ccc43)n2)c(OC)cc1N(C)CCN(C)C. The van der Waals surface area contributed by atoms with Crippen molar-refractivity contribution in [3.05, 3.63) is 66.6 Å². The molecule has 4 rings (SSSR count). The summed E-state index contributed by atoms with van der Waals surface area (Å²) in [5.74, 6) is 1.16. The van der Waals surface area contributed by atoms with Crippen LogP contribution in [0.2, 0.25) is 0 Å². The number of imidazole rings is 1. The van der Waals surface area contributed by atoms with Crippen molar-refractivity contribution >= 4 is 40.0 Å². The molecule has 10 nitrogen and oxygen atoms in total. The number of amides is 1. The number of aryl methyl sites for hydroxylation is 1. The molecule has 13 heteroatoms. The number of rotatable bonds is 10. The van der Waals surface area contributed by atoms with Gasteiger partial charge in [0.2, 0.25) is 11.9 Å². The summed E-state index contributed by atoms with van der Waals surface area (Å²) in [5, 5.41) is 5.98. The Labute approximate surface area is 235 Å². The predicted molar refractivity (Wildman–Crippen MR) is 153 cm³/mol. The molecule has 0 spiro atoms. The molecule has 41 heavy (non-hydrogen) atoms. The van der Waals surface area contributed by atoms with Crippen molar-refractivity contribution in [1.82, 2.24) is 24.4 Å². The number of hydrogen-bond acceptors (Lipinski definition) is 8. The molecule has 216 valence electrons. The maximum atomic E-state index is 13.2. The third-order valence-electron chi connectivity index (χ3n) is 6.32. The van der Waals surface area contributed by atoms with Crippen molar-refractivity contribution in [1.29, 1.82) is 0 Å². The van der Waals surface area contributed by atoms with Gasteiger partial charge in [0.15, 0.2) is 0 Å². The van der Waals surface area contributed by atoms with E-state index in [4.69, 9.17) is 4.74 Å². The van der Waals surface area contributed by atoms with E-state index in [0.29, 0.717) is 40.8 Å². The van der Waals surface area contributed by atoms with Crippen molar-refractivity contribution in [2.45, 2.75) is 13.1 Å². The Bertz CT molecular complexity index is 1580. The van der Waals surface area contributed by atoms with Crippen LogP contribution in [0.1, 0.15) is 11.4 Å². The van der Waals surface area contributed by atoms with Crippen LogP contribution in [0.5, 0.6) is 5.75 Å². The molecule has 2 N–H and O–H groups in total. The molecule has 2 aromatic heterocycles. The van der Waals surface area contributed by atoms with Gasteiger partial charge in [0.05, 0.1) is 40.8 Å². The minimum absolute atomic E-state index is 0.198. The molecular formula is C28H31F3N8O2. The number of nitrogens with one attached hydrogen (secondary N) is 2. The Kier molecular flexibility index (Phi) is 8.47. The number of fused-ring (bicyclic) bond motifs is 1. The number of likely N-dealkylation sites (N-methyl/N-ethyl adjacent to an activating group) is 2. The lowest BCUT2D eigenvalue weighted by Crippen LogP contribution is -2.29. The topological polar surface area (TPSA) is 100 Å². The lowest BCUT2D eigenvalue weighted by atomic mass is 10.2. The third-order valence-corrected chi connectivity index (χ3v) is 6.32. The number of halogens is 3. The van der Waals surface area contributed by atoms with Crippen molar-refractivity contribution in [3.63, 3.8) is 0 Å².